The maximum atomic E-state index is 14.0. The van der Waals surface area contributed by atoms with Crippen molar-refractivity contribution in [2.45, 2.75) is 85.0 Å². The second kappa shape index (κ2) is 14.0. The van der Waals surface area contributed by atoms with Crippen molar-refractivity contribution in [1.82, 2.24) is 39.8 Å². The normalized spacial score (nSPS) is 18.5. The Balaban J connectivity index is 1.47. The molecule has 0 fully saturated rings. The average Bonchev–Trinajstić information content (AvgIpc) is 3.60. The van der Waals surface area contributed by atoms with Crippen molar-refractivity contribution in [2.75, 3.05) is 13.1 Å². The monoisotopic (exact) mass is 612 g/mol. The second-order valence-electron chi connectivity index (χ2n) is 12.5. The van der Waals surface area contributed by atoms with E-state index in [1.165, 1.54) is 0 Å². The van der Waals surface area contributed by atoms with Gasteiger partial charge in [-0.1, -0.05) is 70.2 Å². The molecule has 0 aliphatic carbocycles. The van der Waals surface area contributed by atoms with E-state index in [1.807, 2.05) is 79.9 Å². The van der Waals surface area contributed by atoms with Gasteiger partial charge in [-0.05, 0) is 37.8 Å². The van der Waals surface area contributed by atoms with E-state index in [1.54, 1.807) is 9.58 Å². The fourth-order valence-electron chi connectivity index (χ4n) is 5.84. The van der Waals surface area contributed by atoms with Gasteiger partial charge >= 0.3 is 0 Å². The van der Waals surface area contributed by atoms with Gasteiger partial charge in [-0.25, -0.2) is 14.6 Å². The number of amides is 3. The van der Waals surface area contributed by atoms with Crippen LogP contribution in [0.5, 0.6) is 0 Å². The lowest BCUT2D eigenvalue weighted by Gasteiger charge is -2.26. The number of hydrogen-bond acceptors (Lipinski definition) is 6. The van der Waals surface area contributed by atoms with Crippen LogP contribution < -0.4 is 10.6 Å². The number of carbonyl (C=O) groups is 3. The number of nitrogens with zero attached hydrogens (tertiary/aromatic N) is 6. The van der Waals surface area contributed by atoms with Crippen molar-refractivity contribution in [3.8, 4) is 11.4 Å². The van der Waals surface area contributed by atoms with E-state index in [0.717, 1.165) is 22.4 Å². The zero-order valence-corrected chi connectivity index (χ0v) is 26.9. The minimum absolute atomic E-state index is 0.0588. The van der Waals surface area contributed by atoms with Crippen LogP contribution in [0.1, 0.15) is 77.5 Å². The molecule has 0 saturated heterocycles. The van der Waals surface area contributed by atoms with E-state index in [-0.39, 0.29) is 42.5 Å². The topological polar surface area (TPSA) is 127 Å². The summed E-state index contributed by atoms with van der Waals surface area (Å²) < 4.78 is 3.80. The van der Waals surface area contributed by atoms with Crippen molar-refractivity contribution >= 4 is 28.8 Å². The van der Waals surface area contributed by atoms with Gasteiger partial charge < -0.3 is 20.1 Å². The lowest BCUT2D eigenvalue weighted by atomic mass is 10.0. The third-order valence-electron chi connectivity index (χ3n) is 8.10. The van der Waals surface area contributed by atoms with Crippen molar-refractivity contribution in [2.24, 2.45) is 5.92 Å². The molecule has 238 valence electrons. The van der Waals surface area contributed by atoms with Crippen molar-refractivity contribution < 1.29 is 14.4 Å². The number of fused-ring (bicyclic) bond motifs is 2. The molecule has 0 bridgehead atoms. The molecule has 2 aromatic heterocycles. The van der Waals surface area contributed by atoms with Crippen LogP contribution >= 0.6 is 0 Å². The van der Waals surface area contributed by atoms with Crippen LogP contribution in [0.3, 0.4) is 0 Å². The Labute approximate surface area is 264 Å². The summed E-state index contributed by atoms with van der Waals surface area (Å²) in [6.45, 7) is 11.3. The molecule has 2 aromatic carbocycles. The van der Waals surface area contributed by atoms with Gasteiger partial charge in [-0.15, -0.1) is 0 Å². The number of benzene rings is 2. The molecular formula is C34H44N8O3. The second-order valence-corrected chi connectivity index (χ2v) is 12.5. The zero-order valence-electron chi connectivity index (χ0n) is 26.9. The average molecular weight is 613 g/mol. The van der Waals surface area contributed by atoms with E-state index in [4.69, 9.17) is 15.1 Å². The highest BCUT2D eigenvalue weighted by Crippen LogP contribution is 2.23. The predicted molar refractivity (Wildman–Crippen MR) is 173 cm³/mol. The Morgan fingerprint density at radius 3 is 2.40 bits per heavy atom. The van der Waals surface area contributed by atoms with Gasteiger partial charge in [-0.2, -0.15) is 5.10 Å². The molecule has 0 spiro atoms. The summed E-state index contributed by atoms with van der Waals surface area (Å²) in [4.78, 5) is 51.8. The summed E-state index contributed by atoms with van der Waals surface area (Å²) in [7, 11) is 0. The van der Waals surface area contributed by atoms with Crippen molar-refractivity contribution in [3.05, 3.63) is 66.2 Å². The largest absolute Gasteiger partial charge is 0.345 e. The number of nitrogens with one attached hydrogen (secondary N) is 2. The standard InChI is InChI=1S/C34H44N8O3/c1-22(2)20-27-34(45)35-24(5)33-38-31(25-12-7-6-8-13-25)39-42(33)19-18-40(17-11-16-29(43)36-27)30(44)21-41-28-15-10-9-14-26(28)37-32(41)23(3)4/h6-10,12-15,22-24,27H,11,16-21H2,1-5H3,(H,35,45)(H,36,43)/t24-,27-/m1/s1. The summed E-state index contributed by atoms with van der Waals surface area (Å²) >= 11 is 0. The summed E-state index contributed by atoms with van der Waals surface area (Å²) in [5, 5.41) is 10.8. The number of hydrogen-bond donors (Lipinski definition) is 2. The number of imidazole rings is 1. The molecule has 11 heteroatoms. The highest BCUT2D eigenvalue weighted by molar-refractivity contribution is 5.88. The van der Waals surface area contributed by atoms with Gasteiger partial charge in [-0.3, -0.25) is 14.4 Å². The van der Waals surface area contributed by atoms with Crippen LogP contribution in [-0.4, -0.2) is 66.1 Å². The number of para-hydroxylation sites is 2. The fourth-order valence-corrected chi connectivity index (χ4v) is 5.84. The first kappa shape index (κ1) is 31.9. The lowest BCUT2D eigenvalue weighted by Crippen LogP contribution is -2.48. The Morgan fingerprint density at radius 1 is 0.933 bits per heavy atom. The third-order valence-corrected chi connectivity index (χ3v) is 8.10. The minimum Gasteiger partial charge on any atom is -0.345 e. The van der Waals surface area contributed by atoms with Gasteiger partial charge in [0, 0.05) is 31.0 Å². The quantitative estimate of drug-likeness (QED) is 0.331. The molecule has 0 unspecified atom stereocenters. The Kier molecular flexibility index (Phi) is 9.95. The number of carbonyl (C=O) groups excluding carboxylic acids is 3. The SMILES string of the molecule is CC(C)C[C@H]1NC(=O)CCCN(C(=O)Cn2c(C(C)C)nc3ccccc32)CCn2nc(-c3ccccc3)nc2[C@@H](C)NC1=O. The van der Waals surface area contributed by atoms with Crippen LogP contribution in [-0.2, 0) is 27.5 Å². The molecular weight excluding hydrogens is 568 g/mol. The first-order valence-corrected chi connectivity index (χ1v) is 15.9. The van der Waals surface area contributed by atoms with E-state index >= 15 is 0 Å². The first-order valence-electron chi connectivity index (χ1n) is 15.9. The summed E-state index contributed by atoms with van der Waals surface area (Å²) in [6.07, 6.45) is 1.18. The van der Waals surface area contributed by atoms with E-state index in [9.17, 15) is 14.4 Å². The van der Waals surface area contributed by atoms with Gasteiger partial charge in [0.25, 0.3) is 0 Å². The van der Waals surface area contributed by atoms with Gasteiger partial charge in [0.1, 0.15) is 24.2 Å². The van der Waals surface area contributed by atoms with Crippen LogP contribution in [0.25, 0.3) is 22.4 Å². The molecule has 1 aliphatic rings. The van der Waals surface area contributed by atoms with Gasteiger partial charge in [0.15, 0.2) is 5.82 Å². The smallest absolute Gasteiger partial charge is 0.243 e. The van der Waals surface area contributed by atoms with Crippen LogP contribution in [0.2, 0.25) is 0 Å². The minimum atomic E-state index is -0.672. The fraction of sp³-hybridized carbons (Fsp3) is 0.471. The molecule has 4 aromatic rings. The lowest BCUT2D eigenvalue weighted by molar-refractivity contribution is -0.133. The summed E-state index contributed by atoms with van der Waals surface area (Å²) in [5.74, 6) is 1.82. The number of aromatic nitrogens is 5. The molecule has 1 aliphatic heterocycles. The maximum Gasteiger partial charge on any atom is 0.243 e. The first-order chi connectivity index (χ1) is 21.6. The Bertz CT molecular complexity index is 1640. The van der Waals surface area contributed by atoms with E-state index < -0.39 is 12.1 Å². The van der Waals surface area contributed by atoms with Crippen LogP contribution in [0, 0.1) is 5.92 Å². The zero-order chi connectivity index (χ0) is 32.1. The maximum absolute atomic E-state index is 14.0. The predicted octanol–water partition coefficient (Wildman–Crippen LogP) is 4.45. The number of rotatable bonds is 6. The third kappa shape index (κ3) is 7.58. The molecule has 11 nitrogen and oxygen atoms in total. The Hall–Kier alpha value is -4.54. The van der Waals surface area contributed by atoms with Crippen LogP contribution in [0.15, 0.2) is 54.6 Å². The van der Waals surface area contributed by atoms with E-state index in [0.29, 0.717) is 44.1 Å². The van der Waals surface area contributed by atoms with Crippen molar-refractivity contribution in [3.63, 3.8) is 0 Å². The molecule has 0 radical (unpaired) electrons. The molecule has 0 saturated carbocycles. The molecule has 3 heterocycles. The molecule has 3 amide bonds. The molecule has 45 heavy (non-hydrogen) atoms. The Morgan fingerprint density at radius 2 is 1.67 bits per heavy atom. The van der Waals surface area contributed by atoms with Gasteiger partial charge in [0.05, 0.1) is 23.6 Å². The highest BCUT2D eigenvalue weighted by Gasteiger charge is 2.27. The van der Waals surface area contributed by atoms with Gasteiger partial charge in [0.2, 0.25) is 17.7 Å². The molecule has 5 rings (SSSR count). The molecule has 2 N–H and O–H groups in total. The summed E-state index contributed by atoms with van der Waals surface area (Å²) in [5.41, 5.74) is 2.64. The van der Waals surface area contributed by atoms with Crippen molar-refractivity contribution in [1.29, 1.82) is 0 Å². The highest BCUT2D eigenvalue weighted by atomic mass is 16.2. The summed E-state index contributed by atoms with van der Waals surface area (Å²) in [6, 6.07) is 16.4. The van der Waals surface area contributed by atoms with E-state index in [2.05, 4.69) is 24.5 Å². The molecule has 2 atom stereocenters. The van der Waals surface area contributed by atoms with Crippen LogP contribution in [0.4, 0.5) is 0 Å².